The molecule has 8 nitrogen and oxygen atoms in total. The molecule has 2 fully saturated rings. The van der Waals surface area contributed by atoms with E-state index in [9.17, 15) is 4.79 Å². The van der Waals surface area contributed by atoms with E-state index < -0.39 is 0 Å². The second-order valence-corrected chi connectivity index (χ2v) is 11.6. The van der Waals surface area contributed by atoms with Crippen LogP contribution in [0.2, 0.25) is 0 Å². The third-order valence-corrected chi connectivity index (χ3v) is 8.40. The van der Waals surface area contributed by atoms with Crippen LogP contribution in [0, 0.1) is 5.82 Å². The van der Waals surface area contributed by atoms with E-state index in [-0.39, 0.29) is 18.0 Å². The fraction of sp³-hybridized carbons (Fsp3) is 0.306. The number of ether oxygens (including phenoxy) is 1. The smallest absolute Gasteiger partial charge is 0.227 e. The van der Waals surface area contributed by atoms with Gasteiger partial charge in [-0.05, 0) is 60.6 Å². The average Bonchev–Trinajstić information content (AvgIpc) is 3.06. The summed E-state index contributed by atoms with van der Waals surface area (Å²) >= 11 is 0. The number of carbonyl (C=O) groups excluding carboxylic acids is 1. The fourth-order valence-corrected chi connectivity index (χ4v) is 5.86. The number of anilines is 4. The number of likely N-dealkylation sites (N-methyl/N-ethyl adjacent to an activating group) is 1. The van der Waals surface area contributed by atoms with Crippen molar-refractivity contribution in [2.75, 3.05) is 74.6 Å². The highest BCUT2D eigenvalue weighted by Crippen LogP contribution is 2.29. The average molecular weight is 607 g/mol. The fourth-order valence-electron chi connectivity index (χ4n) is 5.86. The molecule has 2 aliphatic rings. The third kappa shape index (κ3) is 7.56. The molecule has 0 atom stereocenters. The quantitative estimate of drug-likeness (QED) is 0.237. The van der Waals surface area contributed by atoms with Gasteiger partial charge in [0, 0.05) is 80.8 Å². The van der Waals surface area contributed by atoms with Gasteiger partial charge >= 0.3 is 0 Å². The number of nitrogens with zero attached hydrogens (tertiary/aromatic N) is 5. The van der Waals surface area contributed by atoms with E-state index in [0.29, 0.717) is 44.4 Å². The van der Waals surface area contributed by atoms with Crippen LogP contribution in [-0.2, 0) is 22.4 Å². The van der Waals surface area contributed by atoms with Crippen LogP contribution in [-0.4, -0.2) is 80.2 Å². The minimum absolute atomic E-state index is 0.0477. The Hall–Kier alpha value is -4.60. The lowest BCUT2D eigenvalue weighted by Gasteiger charge is -2.34. The molecule has 0 radical (unpaired) electrons. The summed E-state index contributed by atoms with van der Waals surface area (Å²) in [5, 5.41) is 3.40. The maximum atomic E-state index is 15.3. The zero-order chi connectivity index (χ0) is 31.2. The van der Waals surface area contributed by atoms with Crippen LogP contribution in [0.5, 0.6) is 0 Å². The predicted molar refractivity (Wildman–Crippen MR) is 178 cm³/mol. The second-order valence-electron chi connectivity index (χ2n) is 11.6. The number of allylic oxidation sites excluding steroid dienone is 1. The molecular weight excluding hydrogens is 567 g/mol. The molecule has 1 N–H and O–H groups in total. The first kappa shape index (κ1) is 30.4. The van der Waals surface area contributed by atoms with Crippen molar-refractivity contribution in [3.05, 3.63) is 108 Å². The maximum Gasteiger partial charge on any atom is 0.227 e. The van der Waals surface area contributed by atoms with Gasteiger partial charge in [-0.15, -0.1) is 0 Å². The first-order valence-electron chi connectivity index (χ1n) is 15.5. The molecule has 2 aliphatic heterocycles. The Labute approximate surface area is 264 Å². The topological polar surface area (TPSA) is 73.8 Å². The van der Waals surface area contributed by atoms with Gasteiger partial charge in [0.05, 0.1) is 24.6 Å². The Balaban J connectivity index is 1.30. The number of morpholine rings is 1. The van der Waals surface area contributed by atoms with E-state index in [1.807, 2.05) is 59.6 Å². The van der Waals surface area contributed by atoms with Crippen molar-refractivity contribution in [1.29, 1.82) is 0 Å². The van der Waals surface area contributed by atoms with Crippen LogP contribution >= 0.6 is 0 Å². The number of nitrogens with one attached hydrogen (secondary N) is 1. The number of piperazine rings is 1. The summed E-state index contributed by atoms with van der Waals surface area (Å²) in [7, 11) is 2.15. The molecule has 0 bridgehead atoms. The number of benzene rings is 3. The van der Waals surface area contributed by atoms with Crippen LogP contribution in [0.25, 0.3) is 11.3 Å². The van der Waals surface area contributed by atoms with Gasteiger partial charge in [-0.25, -0.2) is 14.4 Å². The van der Waals surface area contributed by atoms with E-state index in [4.69, 9.17) is 9.72 Å². The van der Waals surface area contributed by atoms with Gasteiger partial charge in [-0.2, -0.15) is 0 Å². The highest BCUT2D eigenvalue weighted by Gasteiger charge is 2.18. The summed E-state index contributed by atoms with van der Waals surface area (Å²) in [5.74, 6) is 0.166. The Morgan fingerprint density at radius 1 is 0.956 bits per heavy atom. The summed E-state index contributed by atoms with van der Waals surface area (Å²) < 4.78 is 20.7. The normalized spacial score (nSPS) is 15.6. The summed E-state index contributed by atoms with van der Waals surface area (Å²) in [6, 6.07) is 21.5. The van der Waals surface area contributed by atoms with Gasteiger partial charge in [0.1, 0.15) is 5.82 Å². The van der Waals surface area contributed by atoms with E-state index in [2.05, 4.69) is 45.9 Å². The highest BCUT2D eigenvalue weighted by molar-refractivity contribution is 5.91. The minimum atomic E-state index is -0.250. The number of aromatic nitrogens is 2. The molecule has 45 heavy (non-hydrogen) atoms. The number of rotatable bonds is 10. The number of hydrogen-bond acceptors (Lipinski definition) is 8. The van der Waals surface area contributed by atoms with Crippen molar-refractivity contribution in [2.45, 2.75) is 12.8 Å². The zero-order valence-electron chi connectivity index (χ0n) is 25.7. The van der Waals surface area contributed by atoms with Gasteiger partial charge in [0.2, 0.25) is 5.95 Å². The Morgan fingerprint density at radius 2 is 1.76 bits per heavy atom. The lowest BCUT2D eigenvalue weighted by Crippen LogP contribution is -2.44. The van der Waals surface area contributed by atoms with Crippen LogP contribution < -0.4 is 15.1 Å². The van der Waals surface area contributed by atoms with Crippen molar-refractivity contribution in [2.24, 2.45) is 0 Å². The summed E-state index contributed by atoms with van der Waals surface area (Å²) in [6.07, 6.45) is 3.86. The van der Waals surface area contributed by atoms with Gasteiger partial charge < -0.3 is 24.8 Å². The molecule has 1 aromatic heterocycles. The molecule has 0 amide bonds. The van der Waals surface area contributed by atoms with Crippen LogP contribution in [0.3, 0.4) is 0 Å². The zero-order valence-corrected chi connectivity index (χ0v) is 25.7. The molecule has 4 aromatic rings. The van der Waals surface area contributed by atoms with Gasteiger partial charge in [0.25, 0.3) is 0 Å². The van der Waals surface area contributed by atoms with Gasteiger partial charge in [-0.3, -0.25) is 4.79 Å². The van der Waals surface area contributed by atoms with Crippen molar-refractivity contribution in [3.8, 4) is 11.3 Å². The van der Waals surface area contributed by atoms with Gasteiger partial charge in [-0.1, -0.05) is 36.9 Å². The lowest BCUT2D eigenvalue weighted by atomic mass is 9.98. The van der Waals surface area contributed by atoms with Crippen LogP contribution in [0.15, 0.2) is 85.6 Å². The number of carbonyl (C=O) groups is 1. The van der Waals surface area contributed by atoms with Crippen molar-refractivity contribution < 1.29 is 13.9 Å². The SMILES string of the molecule is C=CC(=O)Cc1cccc(-c2nc(Nc3cccc(N4CCN(C)CC4)c3)ncc2Cc2ccc(N3CCOCC3)c(F)c2)c1. The van der Waals surface area contributed by atoms with E-state index >= 15 is 4.39 Å². The Morgan fingerprint density at radius 3 is 2.53 bits per heavy atom. The summed E-state index contributed by atoms with van der Waals surface area (Å²) in [6.45, 7) is 10.2. The van der Waals surface area contributed by atoms with E-state index in [0.717, 1.165) is 65.5 Å². The Bertz CT molecular complexity index is 1660. The largest absolute Gasteiger partial charge is 0.378 e. The molecule has 0 saturated carbocycles. The summed E-state index contributed by atoms with van der Waals surface area (Å²) in [5.41, 5.74) is 6.80. The maximum absolute atomic E-state index is 15.3. The molecule has 0 unspecified atom stereocenters. The molecule has 232 valence electrons. The van der Waals surface area contributed by atoms with Crippen molar-refractivity contribution in [1.82, 2.24) is 14.9 Å². The van der Waals surface area contributed by atoms with Crippen LogP contribution in [0.1, 0.15) is 16.7 Å². The highest BCUT2D eigenvalue weighted by atomic mass is 19.1. The standard InChI is InChI=1S/C36H39FN6O2/c1-3-32(44)22-26-6-4-7-28(20-26)35-29(21-27-10-11-34(33(37)23-27)43-16-18-45-19-17-43)25-38-36(40-35)39-30-8-5-9-31(24-30)42-14-12-41(2)13-15-42/h3-11,20,23-25H,1,12-19,21-22H2,2H3,(H,38,39,40). The summed E-state index contributed by atoms with van der Waals surface area (Å²) in [4.78, 5) is 28.5. The number of hydrogen-bond donors (Lipinski definition) is 1. The van der Waals surface area contributed by atoms with E-state index in [1.54, 1.807) is 6.07 Å². The first-order chi connectivity index (χ1) is 21.9. The lowest BCUT2D eigenvalue weighted by molar-refractivity contribution is -0.114. The second kappa shape index (κ2) is 14.0. The molecule has 3 heterocycles. The van der Waals surface area contributed by atoms with Crippen LogP contribution in [0.4, 0.5) is 27.4 Å². The van der Waals surface area contributed by atoms with Gasteiger partial charge in [0.15, 0.2) is 5.78 Å². The first-order valence-corrected chi connectivity index (χ1v) is 15.5. The molecule has 6 rings (SSSR count). The molecule has 9 heteroatoms. The minimum Gasteiger partial charge on any atom is -0.378 e. The molecule has 0 aliphatic carbocycles. The molecule has 3 aromatic carbocycles. The number of halogens is 1. The monoisotopic (exact) mass is 606 g/mol. The van der Waals surface area contributed by atoms with Crippen molar-refractivity contribution in [3.63, 3.8) is 0 Å². The molecule has 2 saturated heterocycles. The molecule has 0 spiro atoms. The Kier molecular flexibility index (Phi) is 9.47. The molecular formula is C36H39FN6O2. The third-order valence-electron chi connectivity index (χ3n) is 8.40. The van der Waals surface area contributed by atoms with Crippen molar-refractivity contribution >= 4 is 28.8 Å². The predicted octanol–water partition coefficient (Wildman–Crippen LogP) is 5.50. The van der Waals surface area contributed by atoms with E-state index in [1.165, 1.54) is 6.08 Å². The number of ketones is 1.